The zero-order valence-corrected chi connectivity index (χ0v) is 21.4. The summed E-state index contributed by atoms with van der Waals surface area (Å²) in [7, 11) is 3.48. The Kier molecular flexibility index (Phi) is 13.9. The Hall–Kier alpha value is -1.84. The first-order valence-electron chi connectivity index (χ1n) is 10.5. The van der Waals surface area contributed by atoms with Gasteiger partial charge in [0.15, 0.2) is 5.96 Å². The molecule has 6 nitrogen and oxygen atoms in total. The molecule has 2 N–H and O–H groups in total. The van der Waals surface area contributed by atoms with Crippen LogP contribution in [0, 0.1) is 6.92 Å². The Morgan fingerprint density at radius 1 is 0.968 bits per heavy atom. The van der Waals surface area contributed by atoms with Gasteiger partial charge in [-0.2, -0.15) is 0 Å². The van der Waals surface area contributed by atoms with Gasteiger partial charge in [-0.15, -0.1) is 24.0 Å². The van der Waals surface area contributed by atoms with Crippen molar-refractivity contribution in [1.29, 1.82) is 0 Å². The highest BCUT2D eigenvalue weighted by Gasteiger charge is 2.07. The molecular weight excluding hydrogens is 505 g/mol. The van der Waals surface area contributed by atoms with Gasteiger partial charge in [-0.3, -0.25) is 4.99 Å². The van der Waals surface area contributed by atoms with Crippen LogP contribution in [0.5, 0.6) is 5.75 Å². The summed E-state index contributed by atoms with van der Waals surface area (Å²) in [6, 6.07) is 14.6. The molecule has 0 aliphatic carbocycles. The van der Waals surface area contributed by atoms with E-state index >= 15 is 0 Å². The standard InChI is InChI=1S/C24H35N3O3.HI/c1-5-29-18-22-10-7-6-9-20(22)16-26-24(25-3)27-17-21-12-11-19(2)15-23(21)30-14-8-13-28-4;/h6-7,9-12,15H,5,8,13-14,16-18H2,1-4H3,(H2,25,26,27);1H. The van der Waals surface area contributed by atoms with Gasteiger partial charge in [0.2, 0.25) is 0 Å². The molecule has 172 valence electrons. The maximum atomic E-state index is 5.97. The molecule has 0 spiro atoms. The zero-order valence-electron chi connectivity index (χ0n) is 19.1. The molecule has 2 aromatic carbocycles. The van der Waals surface area contributed by atoms with Crippen LogP contribution < -0.4 is 15.4 Å². The van der Waals surface area contributed by atoms with Gasteiger partial charge in [-0.25, -0.2) is 0 Å². The molecule has 0 radical (unpaired) electrons. The number of ether oxygens (including phenoxy) is 3. The van der Waals surface area contributed by atoms with Crippen molar-refractivity contribution in [1.82, 2.24) is 10.6 Å². The van der Waals surface area contributed by atoms with Gasteiger partial charge in [-0.05, 0) is 36.6 Å². The van der Waals surface area contributed by atoms with Gasteiger partial charge >= 0.3 is 0 Å². The van der Waals surface area contributed by atoms with Crippen LogP contribution in [0.4, 0.5) is 0 Å². The Morgan fingerprint density at radius 3 is 2.35 bits per heavy atom. The molecule has 2 aromatic rings. The lowest BCUT2D eigenvalue weighted by molar-refractivity contribution is 0.133. The summed E-state index contributed by atoms with van der Waals surface area (Å²) in [5, 5.41) is 6.77. The predicted molar refractivity (Wildman–Crippen MR) is 137 cm³/mol. The summed E-state index contributed by atoms with van der Waals surface area (Å²) < 4.78 is 16.6. The van der Waals surface area contributed by atoms with Crippen LogP contribution in [-0.2, 0) is 29.2 Å². The number of aryl methyl sites for hydroxylation is 1. The van der Waals surface area contributed by atoms with Crippen LogP contribution in [0.2, 0.25) is 0 Å². The number of nitrogens with zero attached hydrogens (tertiary/aromatic N) is 1. The fourth-order valence-electron chi connectivity index (χ4n) is 2.99. The lowest BCUT2D eigenvalue weighted by Gasteiger charge is -2.16. The zero-order chi connectivity index (χ0) is 21.6. The van der Waals surface area contributed by atoms with Crippen molar-refractivity contribution in [2.45, 2.75) is 40.0 Å². The number of guanidine groups is 1. The number of hydrogen-bond donors (Lipinski definition) is 2. The van der Waals surface area contributed by atoms with Crippen molar-refractivity contribution in [3.05, 3.63) is 64.7 Å². The van der Waals surface area contributed by atoms with E-state index in [0.717, 1.165) is 23.7 Å². The van der Waals surface area contributed by atoms with Crippen LogP contribution in [0.25, 0.3) is 0 Å². The molecule has 0 unspecified atom stereocenters. The maximum Gasteiger partial charge on any atom is 0.191 e. The van der Waals surface area contributed by atoms with Crippen molar-refractivity contribution in [2.75, 3.05) is 34.0 Å². The molecule has 2 rings (SSSR count). The average Bonchev–Trinajstić information content (AvgIpc) is 2.77. The highest BCUT2D eigenvalue weighted by atomic mass is 127. The molecule has 7 heteroatoms. The molecule has 0 aromatic heterocycles. The second-order valence-corrected chi connectivity index (χ2v) is 6.99. The molecule has 0 heterocycles. The summed E-state index contributed by atoms with van der Waals surface area (Å²) in [5.41, 5.74) is 4.66. The first-order valence-corrected chi connectivity index (χ1v) is 10.5. The number of aliphatic imine (C=N–C) groups is 1. The Balaban J connectivity index is 0.00000480. The first kappa shape index (κ1) is 27.2. The number of nitrogens with one attached hydrogen (secondary N) is 2. The predicted octanol–water partition coefficient (Wildman–Crippen LogP) is 4.43. The van der Waals surface area contributed by atoms with Crippen LogP contribution in [-0.4, -0.2) is 39.9 Å². The maximum absolute atomic E-state index is 5.97. The second-order valence-electron chi connectivity index (χ2n) is 6.99. The van der Waals surface area contributed by atoms with E-state index in [-0.39, 0.29) is 24.0 Å². The first-order chi connectivity index (χ1) is 14.7. The largest absolute Gasteiger partial charge is 0.493 e. The van der Waals surface area contributed by atoms with Gasteiger partial charge in [0, 0.05) is 52.4 Å². The van der Waals surface area contributed by atoms with E-state index in [1.807, 2.05) is 19.1 Å². The van der Waals surface area contributed by atoms with E-state index in [0.29, 0.717) is 39.5 Å². The van der Waals surface area contributed by atoms with E-state index in [4.69, 9.17) is 14.2 Å². The van der Waals surface area contributed by atoms with Gasteiger partial charge in [-0.1, -0.05) is 36.4 Å². The molecule has 31 heavy (non-hydrogen) atoms. The number of rotatable bonds is 12. The topological polar surface area (TPSA) is 64.1 Å². The van der Waals surface area contributed by atoms with Crippen LogP contribution in [0.3, 0.4) is 0 Å². The molecule has 0 amide bonds. The summed E-state index contributed by atoms with van der Waals surface area (Å²) in [4.78, 5) is 4.35. The smallest absolute Gasteiger partial charge is 0.191 e. The molecule has 0 saturated heterocycles. The average molecular weight is 541 g/mol. The molecule has 0 aliphatic rings. The van der Waals surface area contributed by atoms with Gasteiger partial charge < -0.3 is 24.8 Å². The normalized spacial score (nSPS) is 11.0. The quantitative estimate of drug-likeness (QED) is 0.180. The highest BCUT2D eigenvalue weighted by Crippen LogP contribution is 2.20. The Bertz CT molecular complexity index is 799. The minimum Gasteiger partial charge on any atom is -0.493 e. The van der Waals surface area contributed by atoms with E-state index in [1.165, 1.54) is 16.7 Å². The van der Waals surface area contributed by atoms with Crippen LogP contribution >= 0.6 is 24.0 Å². The summed E-state index contributed by atoms with van der Waals surface area (Å²) >= 11 is 0. The van der Waals surface area contributed by atoms with Gasteiger partial charge in [0.05, 0.1) is 13.2 Å². The third kappa shape index (κ3) is 9.88. The number of hydrogen-bond acceptors (Lipinski definition) is 4. The number of benzene rings is 2. The fraction of sp³-hybridized carbons (Fsp3) is 0.458. The third-order valence-electron chi connectivity index (χ3n) is 4.67. The van der Waals surface area contributed by atoms with Crippen molar-refractivity contribution in [2.24, 2.45) is 4.99 Å². The lowest BCUT2D eigenvalue weighted by Crippen LogP contribution is -2.36. The van der Waals surface area contributed by atoms with E-state index in [2.05, 4.69) is 52.9 Å². The van der Waals surface area contributed by atoms with Gasteiger partial charge in [0.1, 0.15) is 5.75 Å². The van der Waals surface area contributed by atoms with Crippen molar-refractivity contribution in [3.63, 3.8) is 0 Å². The molecule has 0 aliphatic heterocycles. The Labute approximate surface area is 203 Å². The molecule has 0 atom stereocenters. The van der Waals surface area contributed by atoms with E-state index < -0.39 is 0 Å². The number of methoxy groups -OCH3 is 1. The summed E-state index contributed by atoms with van der Waals surface area (Å²) in [6.45, 7) is 8.03. The third-order valence-corrected chi connectivity index (χ3v) is 4.67. The minimum absolute atomic E-state index is 0. The van der Waals surface area contributed by atoms with Crippen molar-refractivity contribution >= 4 is 29.9 Å². The Morgan fingerprint density at radius 2 is 1.68 bits per heavy atom. The minimum atomic E-state index is 0. The summed E-state index contributed by atoms with van der Waals surface area (Å²) in [5.74, 6) is 1.64. The molecule has 0 saturated carbocycles. The molecular formula is C24H36IN3O3. The summed E-state index contributed by atoms with van der Waals surface area (Å²) in [6.07, 6.45) is 0.863. The van der Waals surface area contributed by atoms with Crippen LogP contribution in [0.15, 0.2) is 47.5 Å². The lowest BCUT2D eigenvalue weighted by atomic mass is 10.1. The van der Waals surface area contributed by atoms with E-state index in [9.17, 15) is 0 Å². The highest BCUT2D eigenvalue weighted by molar-refractivity contribution is 14.0. The second kappa shape index (κ2) is 15.9. The SMILES string of the molecule is CCOCc1ccccc1CNC(=NC)NCc1ccc(C)cc1OCCCOC.I. The van der Waals surface area contributed by atoms with Crippen molar-refractivity contribution in [3.8, 4) is 5.75 Å². The van der Waals surface area contributed by atoms with Gasteiger partial charge in [0.25, 0.3) is 0 Å². The number of halogens is 1. The fourth-order valence-corrected chi connectivity index (χ4v) is 2.99. The van der Waals surface area contributed by atoms with E-state index in [1.54, 1.807) is 14.2 Å². The van der Waals surface area contributed by atoms with Crippen molar-refractivity contribution < 1.29 is 14.2 Å². The monoisotopic (exact) mass is 541 g/mol. The van der Waals surface area contributed by atoms with Crippen LogP contribution in [0.1, 0.15) is 35.6 Å². The molecule has 0 bridgehead atoms. The molecule has 0 fully saturated rings.